The largest absolute Gasteiger partial charge is 0.376 e. The highest BCUT2D eigenvalue weighted by Crippen LogP contribution is 2.20. The van der Waals surface area contributed by atoms with Gasteiger partial charge in [0.25, 0.3) is 5.91 Å². The zero-order valence-corrected chi connectivity index (χ0v) is 15.5. The van der Waals surface area contributed by atoms with Crippen molar-refractivity contribution in [1.29, 1.82) is 0 Å². The fraction of sp³-hybridized carbons (Fsp3) is 0.529. The van der Waals surface area contributed by atoms with Gasteiger partial charge in [0.15, 0.2) is 5.82 Å². The van der Waals surface area contributed by atoms with Crippen molar-refractivity contribution < 1.29 is 4.79 Å². The van der Waals surface area contributed by atoms with Gasteiger partial charge in [0.1, 0.15) is 0 Å². The molecule has 0 N–H and O–H groups in total. The second kappa shape index (κ2) is 6.70. The average molecular weight is 343 g/mol. The van der Waals surface area contributed by atoms with Gasteiger partial charge in [0.2, 0.25) is 0 Å². The average Bonchev–Trinajstić information content (AvgIpc) is 2.86. The molecule has 1 aliphatic heterocycles. The fourth-order valence-electron chi connectivity index (χ4n) is 3.12. The smallest absolute Gasteiger partial charge is 0.257 e. The number of aryl methyl sites for hydroxylation is 2. The van der Waals surface area contributed by atoms with Crippen LogP contribution in [0, 0.1) is 13.8 Å². The molecule has 2 aromatic rings. The van der Waals surface area contributed by atoms with E-state index in [0.29, 0.717) is 13.1 Å². The molecule has 25 heavy (non-hydrogen) atoms. The fourth-order valence-corrected chi connectivity index (χ4v) is 3.12. The summed E-state index contributed by atoms with van der Waals surface area (Å²) in [6, 6.07) is 2.03. The number of carbonyl (C=O) groups excluding carboxylic acids is 1. The van der Waals surface area contributed by atoms with Crippen molar-refractivity contribution in [3.8, 4) is 0 Å². The molecule has 8 heteroatoms. The quantitative estimate of drug-likeness (QED) is 0.823. The number of rotatable bonds is 3. The van der Waals surface area contributed by atoms with Gasteiger partial charge in [-0.1, -0.05) is 0 Å². The summed E-state index contributed by atoms with van der Waals surface area (Å²) in [6.07, 6.45) is 1.75. The first-order chi connectivity index (χ1) is 11.9. The van der Waals surface area contributed by atoms with Gasteiger partial charge in [0, 0.05) is 59.1 Å². The van der Waals surface area contributed by atoms with Crippen molar-refractivity contribution in [1.82, 2.24) is 24.9 Å². The second-order valence-electron chi connectivity index (χ2n) is 6.62. The van der Waals surface area contributed by atoms with E-state index in [0.717, 1.165) is 41.5 Å². The lowest BCUT2D eigenvalue weighted by atomic mass is 10.1. The molecule has 1 fully saturated rings. The van der Waals surface area contributed by atoms with Crippen molar-refractivity contribution in [3.63, 3.8) is 0 Å². The molecule has 1 amide bonds. The van der Waals surface area contributed by atoms with E-state index in [1.165, 1.54) is 0 Å². The van der Waals surface area contributed by atoms with Crippen LogP contribution in [-0.4, -0.2) is 71.1 Å². The molecule has 3 rings (SSSR count). The molecule has 134 valence electrons. The van der Waals surface area contributed by atoms with Crippen molar-refractivity contribution in [2.75, 3.05) is 50.1 Å². The number of nitrogens with zero attached hydrogens (tertiary/aromatic N) is 7. The van der Waals surface area contributed by atoms with Crippen molar-refractivity contribution in [2.24, 2.45) is 7.05 Å². The maximum absolute atomic E-state index is 12.9. The Bertz CT molecular complexity index is 775. The van der Waals surface area contributed by atoms with Crippen LogP contribution in [0.1, 0.15) is 21.7 Å². The van der Waals surface area contributed by atoms with Gasteiger partial charge in [-0.15, -0.1) is 5.10 Å². The normalized spacial score (nSPS) is 14.8. The summed E-state index contributed by atoms with van der Waals surface area (Å²) in [6.45, 7) is 6.65. The minimum Gasteiger partial charge on any atom is -0.376 e. The van der Waals surface area contributed by atoms with E-state index in [9.17, 15) is 4.79 Å². The number of carbonyl (C=O) groups is 1. The van der Waals surface area contributed by atoms with Gasteiger partial charge in [-0.3, -0.25) is 9.48 Å². The van der Waals surface area contributed by atoms with E-state index < -0.39 is 0 Å². The molecular formula is C17H25N7O. The molecule has 0 saturated carbocycles. The van der Waals surface area contributed by atoms with Gasteiger partial charge in [-0.25, -0.2) is 0 Å². The van der Waals surface area contributed by atoms with Crippen LogP contribution in [0.4, 0.5) is 11.5 Å². The first kappa shape index (κ1) is 17.2. The summed E-state index contributed by atoms with van der Waals surface area (Å²) in [5.41, 5.74) is 3.45. The Hall–Kier alpha value is -2.64. The third kappa shape index (κ3) is 3.29. The summed E-state index contributed by atoms with van der Waals surface area (Å²) < 4.78 is 1.77. The summed E-state index contributed by atoms with van der Waals surface area (Å²) in [5, 5.41) is 12.7. The SMILES string of the molecule is Cc1nn(C)c(C)c1C(=O)N1CCN(c2cc(N(C)C)cnn2)CC1. The zero-order valence-electron chi connectivity index (χ0n) is 15.5. The van der Waals surface area contributed by atoms with Crippen LogP contribution < -0.4 is 9.80 Å². The van der Waals surface area contributed by atoms with Crippen LogP contribution >= 0.6 is 0 Å². The monoisotopic (exact) mass is 343 g/mol. The lowest BCUT2D eigenvalue weighted by Crippen LogP contribution is -2.49. The van der Waals surface area contributed by atoms with Crippen LogP contribution in [0.2, 0.25) is 0 Å². The van der Waals surface area contributed by atoms with E-state index in [2.05, 4.69) is 20.2 Å². The Morgan fingerprint density at radius 2 is 1.84 bits per heavy atom. The van der Waals surface area contributed by atoms with Crippen LogP contribution in [0.3, 0.4) is 0 Å². The van der Waals surface area contributed by atoms with E-state index in [-0.39, 0.29) is 5.91 Å². The van der Waals surface area contributed by atoms with Gasteiger partial charge in [-0.05, 0) is 13.8 Å². The lowest BCUT2D eigenvalue weighted by molar-refractivity contribution is 0.0745. The third-order valence-corrected chi connectivity index (χ3v) is 4.76. The summed E-state index contributed by atoms with van der Waals surface area (Å²) >= 11 is 0. The second-order valence-corrected chi connectivity index (χ2v) is 6.62. The lowest BCUT2D eigenvalue weighted by Gasteiger charge is -2.35. The molecule has 0 radical (unpaired) electrons. The highest BCUT2D eigenvalue weighted by molar-refractivity contribution is 5.96. The maximum atomic E-state index is 12.9. The van der Waals surface area contributed by atoms with Gasteiger partial charge in [-0.2, -0.15) is 10.2 Å². The van der Waals surface area contributed by atoms with Gasteiger partial charge < -0.3 is 14.7 Å². The highest BCUT2D eigenvalue weighted by atomic mass is 16.2. The van der Waals surface area contributed by atoms with Gasteiger partial charge >= 0.3 is 0 Å². The minimum absolute atomic E-state index is 0.0656. The first-order valence-corrected chi connectivity index (χ1v) is 8.43. The number of anilines is 2. The predicted octanol–water partition coefficient (Wildman–Crippen LogP) is 0.855. The standard InChI is InChI=1S/C17H25N7O/c1-12-16(13(2)22(5)20-12)17(25)24-8-6-23(7-9-24)15-10-14(21(3)4)11-18-19-15/h10-11H,6-9H2,1-5H3. The van der Waals surface area contributed by atoms with Gasteiger partial charge in [0.05, 0.1) is 23.1 Å². The van der Waals surface area contributed by atoms with Crippen LogP contribution in [0.15, 0.2) is 12.3 Å². The molecule has 0 spiro atoms. The molecule has 1 saturated heterocycles. The summed E-state index contributed by atoms with van der Waals surface area (Å²) in [5.74, 6) is 0.919. The predicted molar refractivity (Wildman–Crippen MR) is 97.2 cm³/mol. The van der Waals surface area contributed by atoms with E-state index >= 15 is 0 Å². The molecule has 3 heterocycles. The van der Waals surface area contributed by atoms with Crippen molar-refractivity contribution in [3.05, 3.63) is 29.2 Å². The molecule has 1 aliphatic rings. The zero-order chi connectivity index (χ0) is 18.1. The van der Waals surface area contributed by atoms with Crippen LogP contribution in [0.5, 0.6) is 0 Å². The molecule has 2 aromatic heterocycles. The number of aromatic nitrogens is 4. The number of piperazine rings is 1. The van der Waals surface area contributed by atoms with E-state index in [1.807, 2.05) is 50.9 Å². The number of hydrogen-bond donors (Lipinski definition) is 0. The van der Waals surface area contributed by atoms with Crippen molar-refractivity contribution >= 4 is 17.4 Å². The Labute approximate surface area is 148 Å². The number of hydrogen-bond acceptors (Lipinski definition) is 6. The highest BCUT2D eigenvalue weighted by Gasteiger charge is 2.27. The maximum Gasteiger partial charge on any atom is 0.257 e. The molecule has 0 aromatic carbocycles. The summed E-state index contributed by atoms with van der Waals surface area (Å²) in [4.78, 5) is 18.9. The molecule has 0 bridgehead atoms. The Morgan fingerprint density at radius 1 is 1.16 bits per heavy atom. The molecule has 8 nitrogen and oxygen atoms in total. The Kier molecular flexibility index (Phi) is 4.61. The Balaban J connectivity index is 1.69. The topological polar surface area (TPSA) is 70.4 Å². The van der Waals surface area contributed by atoms with Crippen molar-refractivity contribution in [2.45, 2.75) is 13.8 Å². The molecule has 0 atom stereocenters. The third-order valence-electron chi connectivity index (χ3n) is 4.76. The molecule has 0 aliphatic carbocycles. The number of amides is 1. The molecule has 0 unspecified atom stereocenters. The minimum atomic E-state index is 0.0656. The first-order valence-electron chi connectivity index (χ1n) is 8.43. The van der Waals surface area contributed by atoms with E-state index in [1.54, 1.807) is 10.9 Å². The summed E-state index contributed by atoms with van der Waals surface area (Å²) in [7, 11) is 5.83. The van der Waals surface area contributed by atoms with E-state index in [4.69, 9.17) is 0 Å². The molecular weight excluding hydrogens is 318 g/mol. The Morgan fingerprint density at radius 3 is 2.40 bits per heavy atom. The van der Waals surface area contributed by atoms with Crippen LogP contribution in [0.25, 0.3) is 0 Å². The van der Waals surface area contributed by atoms with Crippen LogP contribution in [-0.2, 0) is 7.05 Å².